The van der Waals surface area contributed by atoms with Crippen LogP contribution >= 0.6 is 0 Å². The van der Waals surface area contributed by atoms with Gasteiger partial charge < -0.3 is 14.4 Å². The largest absolute Gasteiger partial charge is 0.493 e. The van der Waals surface area contributed by atoms with E-state index in [9.17, 15) is 4.79 Å². The van der Waals surface area contributed by atoms with Crippen molar-refractivity contribution in [2.24, 2.45) is 0 Å². The second-order valence-corrected chi connectivity index (χ2v) is 6.00. The average molecular weight is 305 g/mol. The average Bonchev–Trinajstić information content (AvgIpc) is 2.82. The molecule has 1 aromatic carbocycles. The third-order valence-electron chi connectivity index (χ3n) is 4.20. The first kappa shape index (κ1) is 16.8. The van der Waals surface area contributed by atoms with Crippen molar-refractivity contribution >= 4 is 6.29 Å². The van der Waals surface area contributed by atoms with Gasteiger partial charge in [0.25, 0.3) is 0 Å². The van der Waals surface area contributed by atoms with Gasteiger partial charge in [-0.3, -0.25) is 4.79 Å². The number of ether oxygens (including phenoxy) is 2. The van der Waals surface area contributed by atoms with Crippen molar-refractivity contribution in [2.45, 2.75) is 45.1 Å². The minimum absolute atomic E-state index is 0.124. The Morgan fingerprint density at radius 1 is 1.18 bits per heavy atom. The lowest BCUT2D eigenvalue weighted by molar-refractivity contribution is 0.112. The number of hydrogen-bond donors (Lipinski definition) is 0. The highest BCUT2D eigenvalue weighted by Crippen LogP contribution is 2.29. The summed E-state index contributed by atoms with van der Waals surface area (Å²) in [6.45, 7) is 5.59. The molecule has 0 bridgehead atoms. The smallest absolute Gasteiger partial charge is 0.161 e. The molecule has 1 atom stereocenters. The molecule has 0 saturated carbocycles. The Hall–Kier alpha value is -1.55. The van der Waals surface area contributed by atoms with Crippen molar-refractivity contribution in [1.82, 2.24) is 4.90 Å². The fourth-order valence-corrected chi connectivity index (χ4v) is 2.85. The maximum atomic E-state index is 10.8. The molecule has 0 aromatic heterocycles. The number of rotatable bonds is 7. The van der Waals surface area contributed by atoms with Gasteiger partial charge in [-0.2, -0.15) is 0 Å². The number of nitrogens with zero attached hydrogens (tertiary/aromatic N) is 1. The van der Waals surface area contributed by atoms with E-state index in [0.29, 0.717) is 17.1 Å². The highest BCUT2D eigenvalue weighted by Gasteiger charge is 2.13. The van der Waals surface area contributed by atoms with E-state index in [1.54, 1.807) is 19.2 Å². The van der Waals surface area contributed by atoms with Crippen LogP contribution in [-0.2, 0) is 0 Å². The molecule has 1 saturated heterocycles. The molecule has 0 N–H and O–H groups in total. The molecular weight excluding hydrogens is 278 g/mol. The molecule has 1 fully saturated rings. The molecule has 1 aliphatic rings. The van der Waals surface area contributed by atoms with Crippen molar-refractivity contribution in [3.63, 3.8) is 0 Å². The maximum absolute atomic E-state index is 10.8. The van der Waals surface area contributed by atoms with Crippen LogP contribution in [0.25, 0.3) is 0 Å². The Morgan fingerprint density at radius 3 is 2.55 bits per heavy atom. The zero-order chi connectivity index (χ0) is 15.8. The molecule has 0 aliphatic carbocycles. The SMILES string of the molecule is COc1cc(C=O)ccc1OC(C)CCN1CCCCCC1. The van der Waals surface area contributed by atoms with Gasteiger partial charge in [-0.05, 0) is 57.5 Å². The summed E-state index contributed by atoms with van der Waals surface area (Å²) < 4.78 is 11.3. The van der Waals surface area contributed by atoms with Gasteiger partial charge in [0.05, 0.1) is 13.2 Å². The molecule has 1 aliphatic heterocycles. The predicted molar refractivity (Wildman–Crippen MR) is 88.0 cm³/mol. The van der Waals surface area contributed by atoms with E-state index < -0.39 is 0 Å². The highest BCUT2D eigenvalue weighted by molar-refractivity contribution is 5.76. The van der Waals surface area contributed by atoms with E-state index in [2.05, 4.69) is 11.8 Å². The first-order valence-corrected chi connectivity index (χ1v) is 8.25. The van der Waals surface area contributed by atoms with Gasteiger partial charge in [0.15, 0.2) is 11.5 Å². The number of benzene rings is 1. The fourth-order valence-electron chi connectivity index (χ4n) is 2.85. The van der Waals surface area contributed by atoms with E-state index in [1.807, 2.05) is 6.07 Å². The molecule has 1 heterocycles. The van der Waals surface area contributed by atoms with E-state index in [-0.39, 0.29) is 6.10 Å². The van der Waals surface area contributed by atoms with Crippen LogP contribution in [0.2, 0.25) is 0 Å². The molecule has 0 amide bonds. The molecule has 1 aromatic rings. The third-order valence-corrected chi connectivity index (χ3v) is 4.20. The Labute approximate surface area is 133 Å². The monoisotopic (exact) mass is 305 g/mol. The summed E-state index contributed by atoms with van der Waals surface area (Å²) in [5.74, 6) is 1.32. The van der Waals surface area contributed by atoms with Crippen LogP contribution in [0.15, 0.2) is 18.2 Å². The standard InChI is InChI=1S/C18H27NO3/c1-15(9-12-19-10-5-3-4-6-11-19)22-17-8-7-16(14-20)13-18(17)21-2/h7-8,13-15H,3-6,9-12H2,1-2H3. The zero-order valence-corrected chi connectivity index (χ0v) is 13.7. The van der Waals surface area contributed by atoms with Gasteiger partial charge in [-0.15, -0.1) is 0 Å². The Balaban J connectivity index is 1.85. The van der Waals surface area contributed by atoms with Crippen molar-refractivity contribution in [1.29, 1.82) is 0 Å². The fraction of sp³-hybridized carbons (Fsp3) is 0.611. The zero-order valence-electron chi connectivity index (χ0n) is 13.7. The Kier molecular flexibility index (Phi) is 6.72. The number of likely N-dealkylation sites (tertiary alicyclic amines) is 1. The van der Waals surface area contributed by atoms with Gasteiger partial charge in [0.2, 0.25) is 0 Å². The van der Waals surface area contributed by atoms with E-state index in [0.717, 1.165) is 19.3 Å². The van der Waals surface area contributed by atoms with E-state index >= 15 is 0 Å². The Morgan fingerprint density at radius 2 is 1.91 bits per heavy atom. The molecule has 4 heteroatoms. The molecule has 1 unspecified atom stereocenters. The van der Waals surface area contributed by atoms with Gasteiger partial charge in [0, 0.05) is 12.1 Å². The van der Waals surface area contributed by atoms with E-state index in [1.165, 1.54) is 38.8 Å². The minimum Gasteiger partial charge on any atom is -0.493 e. The molecular formula is C18H27NO3. The molecule has 122 valence electrons. The number of hydrogen-bond acceptors (Lipinski definition) is 4. The number of aldehydes is 1. The molecule has 4 nitrogen and oxygen atoms in total. The number of carbonyl (C=O) groups is 1. The van der Waals surface area contributed by atoms with Crippen LogP contribution in [0.4, 0.5) is 0 Å². The van der Waals surface area contributed by atoms with Gasteiger partial charge in [0.1, 0.15) is 6.29 Å². The highest BCUT2D eigenvalue weighted by atomic mass is 16.5. The van der Waals surface area contributed by atoms with Crippen molar-refractivity contribution in [3.8, 4) is 11.5 Å². The van der Waals surface area contributed by atoms with Crippen LogP contribution in [0, 0.1) is 0 Å². The van der Waals surface area contributed by atoms with E-state index in [4.69, 9.17) is 9.47 Å². The quantitative estimate of drug-likeness (QED) is 0.722. The van der Waals surface area contributed by atoms with Crippen LogP contribution in [0.5, 0.6) is 11.5 Å². The van der Waals surface area contributed by atoms with Gasteiger partial charge in [-0.25, -0.2) is 0 Å². The van der Waals surface area contributed by atoms with Gasteiger partial charge >= 0.3 is 0 Å². The maximum Gasteiger partial charge on any atom is 0.161 e. The lowest BCUT2D eigenvalue weighted by Gasteiger charge is -2.23. The number of carbonyl (C=O) groups excluding carboxylic acids is 1. The second kappa shape index (κ2) is 8.79. The normalized spacial score (nSPS) is 17.5. The van der Waals surface area contributed by atoms with Crippen LogP contribution in [0.1, 0.15) is 49.4 Å². The lowest BCUT2D eigenvalue weighted by Crippen LogP contribution is -2.29. The minimum atomic E-state index is 0.124. The van der Waals surface area contributed by atoms with Crippen molar-refractivity contribution < 1.29 is 14.3 Å². The summed E-state index contributed by atoms with van der Waals surface area (Å²) in [5.41, 5.74) is 0.599. The van der Waals surface area contributed by atoms with Gasteiger partial charge in [-0.1, -0.05) is 12.8 Å². The summed E-state index contributed by atoms with van der Waals surface area (Å²) >= 11 is 0. The van der Waals surface area contributed by atoms with Crippen LogP contribution in [-0.4, -0.2) is 44.0 Å². The van der Waals surface area contributed by atoms with Crippen LogP contribution < -0.4 is 9.47 Å². The molecule has 22 heavy (non-hydrogen) atoms. The first-order valence-electron chi connectivity index (χ1n) is 8.25. The molecule has 0 radical (unpaired) electrons. The summed E-state index contributed by atoms with van der Waals surface area (Å²) in [6, 6.07) is 5.28. The molecule has 2 rings (SSSR count). The lowest BCUT2D eigenvalue weighted by atomic mass is 10.2. The molecule has 0 spiro atoms. The van der Waals surface area contributed by atoms with Crippen molar-refractivity contribution in [3.05, 3.63) is 23.8 Å². The second-order valence-electron chi connectivity index (χ2n) is 6.00. The topological polar surface area (TPSA) is 38.8 Å². The predicted octanol–water partition coefficient (Wildman–Crippen LogP) is 3.54. The van der Waals surface area contributed by atoms with Crippen LogP contribution in [0.3, 0.4) is 0 Å². The summed E-state index contributed by atoms with van der Waals surface area (Å²) in [5, 5.41) is 0. The van der Waals surface area contributed by atoms with Crippen molar-refractivity contribution in [2.75, 3.05) is 26.7 Å². The first-order chi connectivity index (χ1) is 10.7. The number of methoxy groups -OCH3 is 1. The Bertz CT molecular complexity index is 467. The summed E-state index contributed by atoms with van der Waals surface area (Å²) in [4.78, 5) is 13.4. The summed E-state index contributed by atoms with van der Waals surface area (Å²) in [6.07, 6.45) is 7.30. The summed E-state index contributed by atoms with van der Waals surface area (Å²) in [7, 11) is 1.60. The third kappa shape index (κ3) is 5.02.